The lowest BCUT2D eigenvalue weighted by atomic mass is 10.0. The normalized spacial score (nSPS) is 16.6. The minimum atomic E-state index is -0.0235. The molecule has 6 heteroatoms. The largest absolute Gasteiger partial charge is 0.497 e. The van der Waals surface area contributed by atoms with Gasteiger partial charge in [-0.2, -0.15) is 5.10 Å². The van der Waals surface area contributed by atoms with E-state index in [1.54, 1.807) is 13.3 Å². The third-order valence-corrected chi connectivity index (χ3v) is 5.25. The van der Waals surface area contributed by atoms with Crippen molar-refractivity contribution in [3.8, 4) is 17.0 Å². The first kappa shape index (κ1) is 19.2. The van der Waals surface area contributed by atoms with Gasteiger partial charge in [-0.3, -0.25) is 9.89 Å². The molecule has 0 saturated carbocycles. The number of rotatable bonds is 6. The van der Waals surface area contributed by atoms with E-state index < -0.39 is 0 Å². The van der Waals surface area contributed by atoms with Gasteiger partial charge in [0, 0.05) is 18.7 Å². The molecule has 1 amide bonds. The molecule has 1 unspecified atom stereocenters. The molecule has 1 N–H and O–H groups in total. The van der Waals surface area contributed by atoms with Crippen LogP contribution in [0.15, 0.2) is 60.8 Å². The first-order chi connectivity index (χ1) is 14.2. The van der Waals surface area contributed by atoms with Gasteiger partial charge in [0.2, 0.25) is 0 Å². The van der Waals surface area contributed by atoms with Gasteiger partial charge in [-0.15, -0.1) is 0 Å². The van der Waals surface area contributed by atoms with Crippen LogP contribution in [0.2, 0.25) is 0 Å². The maximum atomic E-state index is 13.2. The molecule has 1 fully saturated rings. The molecule has 1 saturated heterocycles. The third kappa shape index (κ3) is 4.49. The summed E-state index contributed by atoms with van der Waals surface area (Å²) in [5.41, 5.74) is 3.44. The number of nitrogens with zero attached hydrogens (tertiary/aromatic N) is 2. The fourth-order valence-electron chi connectivity index (χ4n) is 3.67. The van der Waals surface area contributed by atoms with Gasteiger partial charge in [0.25, 0.3) is 5.91 Å². The molecule has 150 valence electrons. The second-order valence-electron chi connectivity index (χ2n) is 7.16. The molecule has 4 rings (SSSR count). The summed E-state index contributed by atoms with van der Waals surface area (Å²) in [6, 6.07) is 18.0. The lowest BCUT2D eigenvalue weighted by molar-refractivity contribution is -0.0245. The van der Waals surface area contributed by atoms with Crippen molar-refractivity contribution >= 4 is 5.91 Å². The molecular formula is C23H25N3O3. The molecule has 0 spiro atoms. The Morgan fingerprint density at radius 2 is 2.10 bits per heavy atom. The number of aryl methyl sites for hydroxylation is 1. The lowest BCUT2D eigenvalue weighted by Gasteiger charge is -2.33. The summed E-state index contributed by atoms with van der Waals surface area (Å²) in [4.78, 5) is 15.1. The predicted molar refractivity (Wildman–Crippen MR) is 111 cm³/mol. The highest BCUT2D eigenvalue weighted by Gasteiger charge is 2.27. The molecule has 1 aliphatic rings. The number of aromatic nitrogens is 2. The summed E-state index contributed by atoms with van der Waals surface area (Å²) in [7, 11) is 1.63. The SMILES string of the molecule is COc1cccc(-c2[nH]ncc2C(=O)N2CCOC(CCc3ccccc3)C2)c1. The van der Waals surface area contributed by atoms with Crippen LogP contribution in [-0.4, -0.2) is 53.9 Å². The highest BCUT2D eigenvalue weighted by molar-refractivity contribution is 5.99. The van der Waals surface area contributed by atoms with Gasteiger partial charge < -0.3 is 14.4 Å². The highest BCUT2D eigenvalue weighted by atomic mass is 16.5. The molecule has 1 atom stereocenters. The Kier molecular flexibility index (Phi) is 5.91. The predicted octanol–water partition coefficient (Wildman–Crippen LogP) is 3.56. The molecule has 0 radical (unpaired) electrons. The van der Waals surface area contributed by atoms with Crippen molar-refractivity contribution in [2.75, 3.05) is 26.8 Å². The zero-order chi connectivity index (χ0) is 20.1. The molecule has 1 aromatic heterocycles. The van der Waals surface area contributed by atoms with E-state index in [2.05, 4.69) is 22.3 Å². The third-order valence-electron chi connectivity index (χ3n) is 5.25. The number of amides is 1. The van der Waals surface area contributed by atoms with Crippen molar-refractivity contribution < 1.29 is 14.3 Å². The Hall–Kier alpha value is -3.12. The van der Waals surface area contributed by atoms with Crippen LogP contribution in [0.25, 0.3) is 11.3 Å². The van der Waals surface area contributed by atoms with Crippen molar-refractivity contribution in [3.63, 3.8) is 0 Å². The van der Waals surface area contributed by atoms with Crippen LogP contribution >= 0.6 is 0 Å². The molecule has 0 bridgehead atoms. The molecule has 29 heavy (non-hydrogen) atoms. The summed E-state index contributed by atoms with van der Waals surface area (Å²) in [5, 5.41) is 7.09. The molecule has 1 aliphatic heterocycles. The number of carbonyl (C=O) groups excluding carboxylic acids is 1. The van der Waals surface area contributed by atoms with Crippen molar-refractivity contribution in [1.82, 2.24) is 15.1 Å². The molecule has 0 aliphatic carbocycles. The highest BCUT2D eigenvalue weighted by Crippen LogP contribution is 2.26. The molecule has 2 heterocycles. The van der Waals surface area contributed by atoms with Crippen LogP contribution in [0, 0.1) is 0 Å². The standard InChI is InChI=1S/C23H25N3O3/c1-28-19-9-5-8-18(14-19)22-21(15-24-25-22)23(27)26-12-13-29-20(16-26)11-10-17-6-3-2-4-7-17/h2-9,14-15,20H,10-13,16H2,1H3,(H,24,25). The van der Waals surface area contributed by atoms with E-state index in [1.807, 2.05) is 47.4 Å². The van der Waals surface area contributed by atoms with E-state index in [1.165, 1.54) is 5.56 Å². The minimum Gasteiger partial charge on any atom is -0.497 e. The van der Waals surface area contributed by atoms with Crippen molar-refractivity contribution in [1.29, 1.82) is 0 Å². The zero-order valence-corrected chi connectivity index (χ0v) is 16.5. The van der Waals surface area contributed by atoms with E-state index in [0.29, 0.717) is 31.0 Å². The summed E-state index contributed by atoms with van der Waals surface area (Å²) in [6.45, 7) is 1.73. The van der Waals surface area contributed by atoms with Crippen LogP contribution in [-0.2, 0) is 11.2 Å². The van der Waals surface area contributed by atoms with Crippen molar-refractivity contribution in [3.05, 3.63) is 71.9 Å². The minimum absolute atomic E-state index is 0.0235. The van der Waals surface area contributed by atoms with E-state index in [4.69, 9.17) is 9.47 Å². The number of hydrogen-bond donors (Lipinski definition) is 1. The Labute approximate surface area is 170 Å². The maximum Gasteiger partial charge on any atom is 0.257 e. The summed E-state index contributed by atoms with van der Waals surface area (Å²) >= 11 is 0. The number of carbonyl (C=O) groups is 1. The lowest BCUT2D eigenvalue weighted by Crippen LogP contribution is -2.45. The van der Waals surface area contributed by atoms with Gasteiger partial charge in [-0.25, -0.2) is 0 Å². The van der Waals surface area contributed by atoms with Crippen LogP contribution in [0.5, 0.6) is 5.75 Å². The summed E-state index contributed by atoms with van der Waals surface area (Å²) in [5.74, 6) is 0.715. The second kappa shape index (κ2) is 8.92. The average Bonchev–Trinajstić information content (AvgIpc) is 3.28. The molecule has 3 aromatic rings. The van der Waals surface area contributed by atoms with Gasteiger partial charge in [-0.05, 0) is 30.5 Å². The number of benzene rings is 2. The quantitative estimate of drug-likeness (QED) is 0.698. The van der Waals surface area contributed by atoms with E-state index in [9.17, 15) is 4.79 Å². The van der Waals surface area contributed by atoms with Crippen LogP contribution in [0.3, 0.4) is 0 Å². The molecular weight excluding hydrogens is 366 g/mol. The number of methoxy groups -OCH3 is 1. The topological polar surface area (TPSA) is 67.5 Å². The first-order valence-electron chi connectivity index (χ1n) is 9.87. The number of ether oxygens (including phenoxy) is 2. The van der Waals surface area contributed by atoms with Crippen LogP contribution < -0.4 is 4.74 Å². The van der Waals surface area contributed by atoms with E-state index >= 15 is 0 Å². The fraction of sp³-hybridized carbons (Fsp3) is 0.304. The van der Waals surface area contributed by atoms with Gasteiger partial charge in [0.15, 0.2) is 0 Å². The fourth-order valence-corrected chi connectivity index (χ4v) is 3.67. The number of H-pyrrole nitrogens is 1. The molecule has 2 aromatic carbocycles. The summed E-state index contributed by atoms with van der Waals surface area (Å²) in [6.07, 6.45) is 3.47. The number of aromatic amines is 1. The van der Waals surface area contributed by atoms with Crippen molar-refractivity contribution in [2.45, 2.75) is 18.9 Å². The number of nitrogens with one attached hydrogen (secondary N) is 1. The summed E-state index contributed by atoms with van der Waals surface area (Å²) < 4.78 is 11.2. The van der Waals surface area contributed by atoms with Crippen molar-refractivity contribution in [2.24, 2.45) is 0 Å². The second-order valence-corrected chi connectivity index (χ2v) is 7.16. The maximum absolute atomic E-state index is 13.2. The van der Waals surface area contributed by atoms with Gasteiger partial charge >= 0.3 is 0 Å². The number of morpholine rings is 1. The Balaban J connectivity index is 1.45. The van der Waals surface area contributed by atoms with E-state index in [0.717, 1.165) is 24.2 Å². The Bertz CT molecular complexity index is 955. The van der Waals surface area contributed by atoms with Crippen LogP contribution in [0.1, 0.15) is 22.3 Å². The molecule has 6 nitrogen and oxygen atoms in total. The van der Waals surface area contributed by atoms with Gasteiger partial charge in [-0.1, -0.05) is 42.5 Å². The van der Waals surface area contributed by atoms with Crippen LogP contribution in [0.4, 0.5) is 0 Å². The van der Waals surface area contributed by atoms with Gasteiger partial charge in [0.1, 0.15) is 5.75 Å². The van der Waals surface area contributed by atoms with Gasteiger partial charge in [0.05, 0.1) is 37.3 Å². The average molecular weight is 391 g/mol. The Morgan fingerprint density at radius 1 is 1.24 bits per heavy atom. The smallest absolute Gasteiger partial charge is 0.257 e. The van der Waals surface area contributed by atoms with E-state index in [-0.39, 0.29) is 12.0 Å². The Morgan fingerprint density at radius 3 is 2.93 bits per heavy atom. The number of hydrogen-bond acceptors (Lipinski definition) is 4. The zero-order valence-electron chi connectivity index (χ0n) is 16.5. The first-order valence-corrected chi connectivity index (χ1v) is 9.87. The monoisotopic (exact) mass is 391 g/mol.